The van der Waals surface area contributed by atoms with Crippen molar-refractivity contribution >= 4 is 5.95 Å². The normalized spacial score (nSPS) is 15.6. The summed E-state index contributed by atoms with van der Waals surface area (Å²) in [6.45, 7) is 5.40. The maximum Gasteiger partial charge on any atom is 0.203 e. The van der Waals surface area contributed by atoms with Crippen molar-refractivity contribution < 1.29 is 0 Å². The van der Waals surface area contributed by atoms with Crippen molar-refractivity contribution in [2.24, 2.45) is 0 Å². The minimum Gasteiger partial charge on any atom is -0.353 e. The Kier molecular flexibility index (Phi) is 3.29. The molecule has 1 aliphatic rings. The zero-order valence-electron chi connectivity index (χ0n) is 9.79. The first-order chi connectivity index (χ1) is 7.29. The van der Waals surface area contributed by atoms with Gasteiger partial charge in [-0.2, -0.15) is 0 Å². The molecule has 3 nitrogen and oxygen atoms in total. The van der Waals surface area contributed by atoms with Crippen molar-refractivity contribution in [2.45, 2.75) is 58.5 Å². The average Bonchev–Trinajstić information content (AvgIpc) is 2.93. The van der Waals surface area contributed by atoms with Gasteiger partial charge in [-0.3, -0.25) is 0 Å². The van der Waals surface area contributed by atoms with E-state index in [9.17, 15) is 0 Å². The van der Waals surface area contributed by atoms with Gasteiger partial charge in [-0.1, -0.05) is 19.8 Å². The minimum absolute atomic E-state index is 0.691. The first-order valence-corrected chi connectivity index (χ1v) is 6.10. The third-order valence-corrected chi connectivity index (χ3v) is 2.81. The van der Waals surface area contributed by atoms with E-state index in [4.69, 9.17) is 0 Å². The molecule has 15 heavy (non-hydrogen) atoms. The van der Waals surface area contributed by atoms with Gasteiger partial charge in [0, 0.05) is 18.8 Å². The Labute approximate surface area is 91.9 Å². The van der Waals surface area contributed by atoms with Gasteiger partial charge in [-0.25, -0.2) is 4.98 Å². The van der Waals surface area contributed by atoms with Crippen LogP contribution < -0.4 is 5.32 Å². The summed E-state index contributed by atoms with van der Waals surface area (Å²) < 4.78 is 2.27. The van der Waals surface area contributed by atoms with Crippen LogP contribution in [0.25, 0.3) is 0 Å². The van der Waals surface area contributed by atoms with Gasteiger partial charge in [-0.15, -0.1) is 0 Å². The summed E-state index contributed by atoms with van der Waals surface area (Å²) in [6.07, 6.45) is 8.60. The number of imidazole rings is 1. The molecule has 0 aliphatic heterocycles. The van der Waals surface area contributed by atoms with Crippen LogP contribution in [0.3, 0.4) is 0 Å². The molecule has 0 atom stereocenters. The molecule has 0 spiro atoms. The third-order valence-electron chi connectivity index (χ3n) is 2.81. The highest BCUT2D eigenvalue weighted by molar-refractivity contribution is 5.32. The van der Waals surface area contributed by atoms with Crippen molar-refractivity contribution in [3.8, 4) is 0 Å². The lowest BCUT2D eigenvalue weighted by molar-refractivity contribution is 0.605. The van der Waals surface area contributed by atoms with E-state index in [0.29, 0.717) is 6.04 Å². The standard InChI is InChI=1S/C12H21N3/c1-3-4-5-8-15-9-10(2)13-12(15)14-11-6-7-11/h9,11H,3-8H2,1-2H3,(H,13,14). The Morgan fingerprint density at radius 3 is 2.93 bits per heavy atom. The molecule has 0 amide bonds. The topological polar surface area (TPSA) is 29.9 Å². The van der Waals surface area contributed by atoms with Crippen molar-refractivity contribution in [1.29, 1.82) is 0 Å². The number of hydrogen-bond acceptors (Lipinski definition) is 2. The molecule has 1 N–H and O–H groups in total. The van der Waals surface area contributed by atoms with E-state index in [-0.39, 0.29) is 0 Å². The summed E-state index contributed by atoms with van der Waals surface area (Å²) in [5.74, 6) is 1.08. The molecule has 0 bridgehead atoms. The summed E-state index contributed by atoms with van der Waals surface area (Å²) in [6, 6.07) is 0.691. The van der Waals surface area contributed by atoms with Gasteiger partial charge in [0.2, 0.25) is 5.95 Å². The van der Waals surface area contributed by atoms with Gasteiger partial charge < -0.3 is 9.88 Å². The van der Waals surface area contributed by atoms with Crippen LogP contribution in [0.2, 0.25) is 0 Å². The number of nitrogens with one attached hydrogen (secondary N) is 1. The van der Waals surface area contributed by atoms with Crippen molar-refractivity contribution in [3.63, 3.8) is 0 Å². The highest BCUT2D eigenvalue weighted by atomic mass is 15.2. The van der Waals surface area contributed by atoms with E-state index in [1.807, 2.05) is 0 Å². The number of anilines is 1. The Morgan fingerprint density at radius 1 is 1.47 bits per heavy atom. The third kappa shape index (κ3) is 2.98. The molecule has 1 aliphatic carbocycles. The van der Waals surface area contributed by atoms with Crippen molar-refractivity contribution in [3.05, 3.63) is 11.9 Å². The molecule has 0 aromatic carbocycles. The Hall–Kier alpha value is -0.990. The Bertz CT molecular complexity index is 313. The average molecular weight is 207 g/mol. The van der Waals surface area contributed by atoms with E-state index in [0.717, 1.165) is 18.2 Å². The van der Waals surface area contributed by atoms with Gasteiger partial charge in [0.25, 0.3) is 0 Å². The fraction of sp³-hybridized carbons (Fsp3) is 0.750. The lowest BCUT2D eigenvalue weighted by atomic mass is 10.2. The minimum atomic E-state index is 0.691. The zero-order chi connectivity index (χ0) is 10.7. The second-order valence-corrected chi connectivity index (χ2v) is 4.53. The maximum atomic E-state index is 4.52. The van der Waals surface area contributed by atoms with Gasteiger partial charge in [-0.05, 0) is 26.2 Å². The van der Waals surface area contributed by atoms with E-state index in [1.165, 1.54) is 32.1 Å². The molecular formula is C12H21N3. The summed E-state index contributed by atoms with van der Waals surface area (Å²) in [5.41, 5.74) is 1.12. The second-order valence-electron chi connectivity index (χ2n) is 4.53. The fourth-order valence-electron chi connectivity index (χ4n) is 1.77. The number of nitrogens with zero attached hydrogens (tertiary/aromatic N) is 2. The smallest absolute Gasteiger partial charge is 0.203 e. The number of unbranched alkanes of at least 4 members (excludes halogenated alkanes) is 2. The van der Waals surface area contributed by atoms with Crippen molar-refractivity contribution in [2.75, 3.05) is 5.32 Å². The van der Waals surface area contributed by atoms with E-state index in [1.54, 1.807) is 0 Å². The maximum absolute atomic E-state index is 4.52. The lowest BCUT2D eigenvalue weighted by Gasteiger charge is -2.08. The Morgan fingerprint density at radius 2 is 2.27 bits per heavy atom. The molecule has 3 heteroatoms. The van der Waals surface area contributed by atoms with Crippen LogP contribution in [-0.2, 0) is 6.54 Å². The molecule has 0 radical (unpaired) electrons. The zero-order valence-corrected chi connectivity index (χ0v) is 9.79. The van der Waals surface area contributed by atoms with Gasteiger partial charge in [0.15, 0.2) is 0 Å². The molecule has 1 aromatic heterocycles. The van der Waals surface area contributed by atoms with Gasteiger partial charge in [0.1, 0.15) is 0 Å². The fourth-order valence-corrected chi connectivity index (χ4v) is 1.77. The molecule has 2 rings (SSSR count). The van der Waals surface area contributed by atoms with Gasteiger partial charge in [0.05, 0.1) is 5.69 Å². The Balaban J connectivity index is 1.93. The summed E-state index contributed by atoms with van der Waals surface area (Å²) >= 11 is 0. The summed E-state index contributed by atoms with van der Waals surface area (Å²) in [4.78, 5) is 4.52. The highest BCUT2D eigenvalue weighted by Crippen LogP contribution is 2.24. The monoisotopic (exact) mass is 207 g/mol. The number of rotatable bonds is 6. The van der Waals surface area contributed by atoms with Crippen LogP contribution in [0, 0.1) is 6.92 Å². The van der Waals surface area contributed by atoms with E-state index < -0.39 is 0 Å². The number of aromatic nitrogens is 2. The largest absolute Gasteiger partial charge is 0.353 e. The predicted molar refractivity (Wildman–Crippen MR) is 63.1 cm³/mol. The van der Waals surface area contributed by atoms with Crippen LogP contribution in [0.5, 0.6) is 0 Å². The van der Waals surface area contributed by atoms with Gasteiger partial charge >= 0.3 is 0 Å². The van der Waals surface area contributed by atoms with E-state index in [2.05, 4.69) is 34.9 Å². The molecule has 0 saturated heterocycles. The number of hydrogen-bond donors (Lipinski definition) is 1. The number of aryl methyl sites for hydroxylation is 2. The molecular weight excluding hydrogens is 186 g/mol. The van der Waals surface area contributed by atoms with Crippen LogP contribution in [0.4, 0.5) is 5.95 Å². The quantitative estimate of drug-likeness (QED) is 0.727. The van der Waals surface area contributed by atoms with Crippen LogP contribution in [-0.4, -0.2) is 15.6 Å². The van der Waals surface area contributed by atoms with Crippen molar-refractivity contribution in [1.82, 2.24) is 9.55 Å². The molecule has 1 heterocycles. The summed E-state index contributed by atoms with van der Waals surface area (Å²) in [5, 5.41) is 3.48. The summed E-state index contributed by atoms with van der Waals surface area (Å²) in [7, 11) is 0. The molecule has 84 valence electrons. The SMILES string of the molecule is CCCCCn1cc(C)nc1NC1CC1. The molecule has 1 fully saturated rings. The lowest BCUT2D eigenvalue weighted by Crippen LogP contribution is -2.09. The highest BCUT2D eigenvalue weighted by Gasteiger charge is 2.22. The predicted octanol–water partition coefficient (Wildman–Crippen LogP) is 2.96. The van der Waals surface area contributed by atoms with Crippen LogP contribution in [0.15, 0.2) is 6.20 Å². The van der Waals surface area contributed by atoms with Crippen LogP contribution in [0.1, 0.15) is 44.7 Å². The second kappa shape index (κ2) is 4.69. The van der Waals surface area contributed by atoms with Crippen LogP contribution >= 0.6 is 0 Å². The molecule has 0 unspecified atom stereocenters. The van der Waals surface area contributed by atoms with E-state index >= 15 is 0 Å². The molecule has 1 saturated carbocycles. The molecule has 1 aromatic rings. The first-order valence-electron chi connectivity index (χ1n) is 6.10. The first kappa shape index (κ1) is 10.5.